The molecule has 1 aromatic carbocycles. The van der Waals surface area contributed by atoms with Gasteiger partial charge in [0.2, 0.25) is 0 Å². The van der Waals surface area contributed by atoms with Gasteiger partial charge in [-0.3, -0.25) is 0 Å². The minimum absolute atomic E-state index is 0.560. The van der Waals surface area contributed by atoms with Crippen LogP contribution in [0.25, 0.3) is 0 Å². The fourth-order valence-electron chi connectivity index (χ4n) is 2.30. The van der Waals surface area contributed by atoms with Gasteiger partial charge in [-0.15, -0.1) is 0 Å². The number of halogens is 1. The Labute approximate surface area is 99.4 Å². The van der Waals surface area contributed by atoms with E-state index in [0.717, 1.165) is 11.0 Å². The molecule has 1 aromatic rings. The quantitative estimate of drug-likeness (QED) is 0.885. The topological polar surface area (TPSA) is 38.0 Å². The molecule has 1 aliphatic rings. The first kappa shape index (κ1) is 11.0. The third-order valence-electron chi connectivity index (χ3n) is 3.14. The van der Waals surface area contributed by atoms with Gasteiger partial charge in [-0.25, -0.2) is 0 Å². The second-order valence-corrected chi connectivity index (χ2v) is 5.10. The fourth-order valence-corrected chi connectivity index (χ4v) is 2.70. The minimum atomic E-state index is 0.560. The van der Waals surface area contributed by atoms with Crippen molar-refractivity contribution in [3.63, 3.8) is 0 Å². The molecule has 0 spiro atoms. The van der Waals surface area contributed by atoms with E-state index in [2.05, 4.69) is 39.4 Å². The van der Waals surface area contributed by atoms with Crippen LogP contribution in [-0.4, -0.2) is 12.6 Å². The average Bonchev–Trinajstić information content (AvgIpc) is 2.65. The molecule has 2 rings (SSSR count). The highest BCUT2D eigenvalue weighted by Gasteiger charge is 2.25. The highest BCUT2D eigenvalue weighted by molar-refractivity contribution is 9.10. The molecule has 3 N–H and O–H groups in total. The van der Waals surface area contributed by atoms with Gasteiger partial charge in [-0.2, -0.15) is 0 Å². The van der Waals surface area contributed by atoms with Gasteiger partial charge in [-0.1, -0.05) is 28.4 Å². The smallest absolute Gasteiger partial charge is 0.0353 e. The summed E-state index contributed by atoms with van der Waals surface area (Å²) in [6.45, 7) is 0.797. The summed E-state index contributed by atoms with van der Waals surface area (Å²) in [6, 6.07) is 8.88. The van der Waals surface area contributed by atoms with Gasteiger partial charge in [0.05, 0.1) is 0 Å². The van der Waals surface area contributed by atoms with Crippen molar-refractivity contribution in [2.45, 2.75) is 25.3 Å². The van der Waals surface area contributed by atoms with Crippen LogP contribution < -0.4 is 11.1 Å². The molecule has 1 saturated carbocycles. The number of anilines is 1. The summed E-state index contributed by atoms with van der Waals surface area (Å²) in [5.41, 5.74) is 6.95. The lowest BCUT2D eigenvalue weighted by atomic mass is 10.0. The summed E-state index contributed by atoms with van der Waals surface area (Å²) in [4.78, 5) is 0. The molecule has 0 bridgehead atoms. The summed E-state index contributed by atoms with van der Waals surface area (Å²) in [5.74, 6) is 0.643. The lowest BCUT2D eigenvalue weighted by molar-refractivity contribution is 0.516. The Morgan fingerprint density at radius 1 is 1.40 bits per heavy atom. The third kappa shape index (κ3) is 2.73. The molecule has 1 fully saturated rings. The highest BCUT2D eigenvalue weighted by Crippen LogP contribution is 2.28. The van der Waals surface area contributed by atoms with Crippen molar-refractivity contribution in [3.8, 4) is 0 Å². The van der Waals surface area contributed by atoms with E-state index < -0.39 is 0 Å². The van der Waals surface area contributed by atoms with Crippen molar-refractivity contribution < 1.29 is 0 Å². The van der Waals surface area contributed by atoms with Gasteiger partial charge in [0.1, 0.15) is 0 Å². The van der Waals surface area contributed by atoms with Crippen LogP contribution >= 0.6 is 15.9 Å². The van der Waals surface area contributed by atoms with Crippen LogP contribution in [0.15, 0.2) is 28.7 Å². The Hall–Kier alpha value is -0.540. The van der Waals surface area contributed by atoms with Crippen LogP contribution in [0.4, 0.5) is 5.69 Å². The van der Waals surface area contributed by atoms with E-state index in [4.69, 9.17) is 5.73 Å². The first-order valence-corrected chi connectivity index (χ1v) is 6.31. The molecule has 0 saturated heterocycles. The van der Waals surface area contributed by atoms with E-state index >= 15 is 0 Å². The predicted octanol–water partition coefficient (Wildman–Crippen LogP) is 2.99. The number of benzene rings is 1. The van der Waals surface area contributed by atoms with E-state index in [0.29, 0.717) is 12.0 Å². The SMILES string of the molecule is NCC1CCCC1Nc1cccc(Br)c1. The molecule has 0 aromatic heterocycles. The van der Waals surface area contributed by atoms with Crippen molar-refractivity contribution in [3.05, 3.63) is 28.7 Å². The van der Waals surface area contributed by atoms with Gasteiger partial charge >= 0.3 is 0 Å². The highest BCUT2D eigenvalue weighted by atomic mass is 79.9. The molecular weight excluding hydrogens is 252 g/mol. The zero-order chi connectivity index (χ0) is 10.7. The zero-order valence-electron chi connectivity index (χ0n) is 8.75. The van der Waals surface area contributed by atoms with E-state index in [1.54, 1.807) is 0 Å². The maximum Gasteiger partial charge on any atom is 0.0353 e. The summed E-state index contributed by atoms with van der Waals surface area (Å²) in [7, 11) is 0. The average molecular weight is 269 g/mol. The Kier molecular flexibility index (Phi) is 3.65. The molecule has 0 radical (unpaired) electrons. The molecule has 3 heteroatoms. The minimum Gasteiger partial charge on any atom is -0.382 e. The molecule has 2 unspecified atom stereocenters. The largest absolute Gasteiger partial charge is 0.382 e. The lowest BCUT2D eigenvalue weighted by Gasteiger charge is -2.20. The predicted molar refractivity (Wildman–Crippen MR) is 67.9 cm³/mol. The lowest BCUT2D eigenvalue weighted by Crippen LogP contribution is -2.29. The third-order valence-corrected chi connectivity index (χ3v) is 3.63. The fraction of sp³-hybridized carbons (Fsp3) is 0.500. The first-order chi connectivity index (χ1) is 7.29. The molecule has 82 valence electrons. The van der Waals surface area contributed by atoms with Crippen molar-refractivity contribution in [1.82, 2.24) is 0 Å². The standard InChI is InChI=1S/C12H17BrN2/c13-10-4-2-5-11(7-10)15-12-6-1-3-9(12)8-14/h2,4-5,7,9,12,15H,1,3,6,8,14H2. The van der Waals surface area contributed by atoms with Crippen LogP contribution in [0.5, 0.6) is 0 Å². The molecule has 1 aliphatic carbocycles. The van der Waals surface area contributed by atoms with Gasteiger partial charge in [0.25, 0.3) is 0 Å². The van der Waals surface area contributed by atoms with Gasteiger partial charge < -0.3 is 11.1 Å². The van der Waals surface area contributed by atoms with E-state index in [1.807, 2.05) is 6.07 Å². The van der Waals surface area contributed by atoms with Crippen LogP contribution in [0, 0.1) is 5.92 Å². The number of hydrogen-bond donors (Lipinski definition) is 2. The maximum absolute atomic E-state index is 5.76. The second kappa shape index (κ2) is 4.99. The van der Waals surface area contributed by atoms with Crippen molar-refractivity contribution in [2.24, 2.45) is 11.7 Å². The summed E-state index contributed by atoms with van der Waals surface area (Å²) in [5, 5.41) is 3.57. The maximum atomic E-state index is 5.76. The summed E-state index contributed by atoms with van der Waals surface area (Å²) >= 11 is 3.48. The first-order valence-electron chi connectivity index (χ1n) is 5.52. The normalized spacial score (nSPS) is 25.5. The Morgan fingerprint density at radius 3 is 3.00 bits per heavy atom. The Morgan fingerprint density at radius 2 is 2.27 bits per heavy atom. The molecule has 2 atom stereocenters. The summed E-state index contributed by atoms with van der Waals surface area (Å²) in [6.07, 6.45) is 3.81. The van der Waals surface area contributed by atoms with Crippen molar-refractivity contribution in [2.75, 3.05) is 11.9 Å². The zero-order valence-corrected chi connectivity index (χ0v) is 10.3. The van der Waals surface area contributed by atoms with E-state index in [1.165, 1.54) is 24.9 Å². The molecular formula is C12H17BrN2. The Bertz CT molecular complexity index is 327. The number of nitrogens with two attached hydrogens (primary N) is 1. The van der Waals surface area contributed by atoms with Crippen molar-refractivity contribution in [1.29, 1.82) is 0 Å². The van der Waals surface area contributed by atoms with Crippen molar-refractivity contribution >= 4 is 21.6 Å². The Balaban J connectivity index is 2.02. The van der Waals surface area contributed by atoms with Gasteiger partial charge in [-0.05, 0) is 43.5 Å². The number of nitrogens with one attached hydrogen (secondary N) is 1. The molecule has 0 aliphatic heterocycles. The number of hydrogen-bond acceptors (Lipinski definition) is 2. The molecule has 15 heavy (non-hydrogen) atoms. The van der Waals surface area contributed by atoms with Crippen LogP contribution in [0.1, 0.15) is 19.3 Å². The van der Waals surface area contributed by atoms with E-state index in [9.17, 15) is 0 Å². The second-order valence-electron chi connectivity index (χ2n) is 4.19. The van der Waals surface area contributed by atoms with Gasteiger partial charge in [0.15, 0.2) is 0 Å². The number of rotatable bonds is 3. The monoisotopic (exact) mass is 268 g/mol. The molecule has 2 nitrogen and oxygen atoms in total. The van der Waals surface area contributed by atoms with Crippen LogP contribution in [-0.2, 0) is 0 Å². The van der Waals surface area contributed by atoms with Gasteiger partial charge in [0, 0.05) is 16.2 Å². The van der Waals surface area contributed by atoms with Crippen LogP contribution in [0.2, 0.25) is 0 Å². The summed E-state index contributed by atoms with van der Waals surface area (Å²) < 4.78 is 1.12. The van der Waals surface area contributed by atoms with Crippen LogP contribution in [0.3, 0.4) is 0 Å². The molecule has 0 heterocycles. The molecule has 0 amide bonds. The van der Waals surface area contributed by atoms with E-state index in [-0.39, 0.29) is 0 Å².